The largest absolute Gasteiger partial charge is 0.352 e. The molecule has 1 atom stereocenters. The first-order valence-electron chi connectivity index (χ1n) is 9.41. The van der Waals surface area contributed by atoms with Gasteiger partial charge in [-0.3, -0.25) is 9.79 Å². The van der Waals surface area contributed by atoms with Crippen LogP contribution in [0.25, 0.3) is 0 Å². The quantitative estimate of drug-likeness (QED) is 0.303. The van der Waals surface area contributed by atoms with Gasteiger partial charge < -0.3 is 16.0 Å². The number of aryl methyl sites for hydroxylation is 1. The molecule has 1 unspecified atom stereocenters. The van der Waals surface area contributed by atoms with Crippen LogP contribution in [0.15, 0.2) is 53.5 Å². The monoisotopic (exact) mass is 494 g/mol. The lowest BCUT2D eigenvalue weighted by Crippen LogP contribution is -2.36. The maximum atomic E-state index is 12.1. The minimum Gasteiger partial charge on any atom is -0.352 e. The molecule has 2 rings (SSSR count). The van der Waals surface area contributed by atoms with Crippen molar-refractivity contribution in [3.63, 3.8) is 0 Å². The average molecular weight is 494 g/mol. The Bertz CT molecular complexity index is 792. The van der Waals surface area contributed by atoms with Crippen LogP contribution in [0.1, 0.15) is 37.0 Å². The van der Waals surface area contributed by atoms with Gasteiger partial charge in [0.05, 0.1) is 0 Å². The summed E-state index contributed by atoms with van der Waals surface area (Å²) in [4.78, 5) is 16.3. The van der Waals surface area contributed by atoms with E-state index in [0.29, 0.717) is 13.1 Å². The predicted octanol–water partition coefficient (Wildman–Crippen LogP) is 4.46. The molecule has 28 heavy (non-hydrogen) atoms. The molecule has 0 bridgehead atoms. The van der Waals surface area contributed by atoms with E-state index in [2.05, 4.69) is 52.1 Å². The number of nitrogens with zero attached hydrogens (tertiary/aromatic N) is 1. The van der Waals surface area contributed by atoms with Gasteiger partial charge in [-0.15, -0.1) is 24.0 Å². The Kier molecular flexibility index (Phi) is 10.6. The van der Waals surface area contributed by atoms with Crippen molar-refractivity contribution in [2.24, 2.45) is 10.9 Å². The molecule has 0 aliphatic rings. The van der Waals surface area contributed by atoms with E-state index in [-0.39, 0.29) is 35.8 Å². The van der Waals surface area contributed by atoms with E-state index in [4.69, 9.17) is 0 Å². The highest BCUT2D eigenvalue weighted by atomic mass is 127. The number of benzene rings is 2. The van der Waals surface area contributed by atoms with Gasteiger partial charge in [-0.25, -0.2) is 0 Å². The van der Waals surface area contributed by atoms with E-state index in [0.717, 1.165) is 23.6 Å². The fourth-order valence-corrected chi connectivity index (χ4v) is 2.62. The van der Waals surface area contributed by atoms with E-state index in [1.165, 1.54) is 11.1 Å². The zero-order valence-corrected chi connectivity index (χ0v) is 19.4. The lowest BCUT2D eigenvalue weighted by molar-refractivity contribution is -0.119. The van der Waals surface area contributed by atoms with Gasteiger partial charge in [0.25, 0.3) is 0 Å². The second-order valence-electron chi connectivity index (χ2n) is 6.77. The van der Waals surface area contributed by atoms with Crippen molar-refractivity contribution in [2.75, 3.05) is 12.4 Å². The topological polar surface area (TPSA) is 65.5 Å². The molecular weight excluding hydrogens is 463 g/mol. The Morgan fingerprint density at radius 1 is 1.04 bits per heavy atom. The molecule has 0 saturated carbocycles. The number of guanidine groups is 1. The summed E-state index contributed by atoms with van der Waals surface area (Å²) in [6.45, 7) is 7.38. The number of carbonyl (C=O) groups is 1. The van der Waals surface area contributed by atoms with E-state index in [9.17, 15) is 4.79 Å². The first-order valence-corrected chi connectivity index (χ1v) is 9.41. The van der Waals surface area contributed by atoms with Gasteiger partial charge in [-0.2, -0.15) is 0 Å². The molecule has 152 valence electrons. The van der Waals surface area contributed by atoms with Crippen molar-refractivity contribution >= 4 is 41.5 Å². The van der Waals surface area contributed by atoms with Crippen molar-refractivity contribution in [1.29, 1.82) is 0 Å². The molecular formula is C22H31IN4O. The third-order valence-corrected chi connectivity index (χ3v) is 4.48. The Hall–Kier alpha value is -2.09. The van der Waals surface area contributed by atoms with Crippen LogP contribution in [0.3, 0.4) is 0 Å². The van der Waals surface area contributed by atoms with Crippen LogP contribution < -0.4 is 16.0 Å². The lowest BCUT2D eigenvalue weighted by atomic mass is 10.1. The van der Waals surface area contributed by atoms with Crippen LogP contribution in [-0.2, 0) is 17.9 Å². The average Bonchev–Trinajstić information content (AvgIpc) is 2.67. The molecule has 2 aromatic carbocycles. The van der Waals surface area contributed by atoms with Crippen LogP contribution >= 0.6 is 24.0 Å². The summed E-state index contributed by atoms with van der Waals surface area (Å²) >= 11 is 0. The van der Waals surface area contributed by atoms with Crippen LogP contribution in [0.4, 0.5) is 5.69 Å². The van der Waals surface area contributed by atoms with Crippen molar-refractivity contribution in [3.05, 3.63) is 65.2 Å². The number of carbonyl (C=O) groups excluding carboxylic acids is 1. The molecule has 5 nitrogen and oxygen atoms in total. The normalized spacial score (nSPS) is 11.9. The summed E-state index contributed by atoms with van der Waals surface area (Å²) < 4.78 is 0. The van der Waals surface area contributed by atoms with Gasteiger partial charge in [0.15, 0.2) is 5.96 Å². The zero-order valence-electron chi connectivity index (χ0n) is 17.1. The highest BCUT2D eigenvalue weighted by Gasteiger charge is 2.10. The molecule has 6 heteroatoms. The highest BCUT2D eigenvalue weighted by Crippen LogP contribution is 2.13. The Balaban J connectivity index is 0.00000392. The lowest BCUT2D eigenvalue weighted by Gasteiger charge is -2.14. The number of hydrogen-bond donors (Lipinski definition) is 3. The first kappa shape index (κ1) is 23.9. The third-order valence-electron chi connectivity index (χ3n) is 4.48. The van der Waals surface area contributed by atoms with Gasteiger partial charge >= 0.3 is 0 Å². The summed E-state index contributed by atoms with van der Waals surface area (Å²) in [7, 11) is 1.76. The predicted molar refractivity (Wildman–Crippen MR) is 128 cm³/mol. The van der Waals surface area contributed by atoms with Crippen molar-refractivity contribution in [1.82, 2.24) is 10.6 Å². The highest BCUT2D eigenvalue weighted by molar-refractivity contribution is 14.0. The number of anilines is 1. The van der Waals surface area contributed by atoms with E-state index < -0.39 is 0 Å². The Labute approximate surface area is 185 Å². The molecule has 0 aliphatic carbocycles. The van der Waals surface area contributed by atoms with Gasteiger partial charge in [0.2, 0.25) is 5.91 Å². The molecule has 0 aliphatic heterocycles. The molecule has 0 aromatic heterocycles. The van der Waals surface area contributed by atoms with Crippen molar-refractivity contribution in [3.8, 4) is 0 Å². The van der Waals surface area contributed by atoms with Crippen LogP contribution in [0.5, 0.6) is 0 Å². The molecule has 3 N–H and O–H groups in total. The second kappa shape index (κ2) is 12.4. The zero-order chi connectivity index (χ0) is 19.6. The minimum atomic E-state index is 0. The van der Waals surface area contributed by atoms with Gasteiger partial charge in [0.1, 0.15) is 0 Å². The Morgan fingerprint density at radius 3 is 2.21 bits per heavy atom. The summed E-state index contributed by atoms with van der Waals surface area (Å²) in [5, 5.41) is 9.61. The minimum absolute atomic E-state index is 0. The number of aliphatic imine (C=N–C) groups is 1. The molecule has 0 spiro atoms. The number of halogens is 1. The maximum Gasteiger partial charge on any atom is 0.227 e. The fraction of sp³-hybridized carbons (Fsp3) is 0.364. The summed E-state index contributed by atoms with van der Waals surface area (Å²) in [5.74, 6) is 0.806. The number of nitrogens with one attached hydrogen (secondary N) is 3. The number of amides is 1. The van der Waals surface area contributed by atoms with Crippen LogP contribution in [0, 0.1) is 12.8 Å². The first-order chi connectivity index (χ1) is 13.0. The summed E-state index contributed by atoms with van der Waals surface area (Å²) in [5.41, 5.74) is 4.36. The molecule has 0 heterocycles. The van der Waals surface area contributed by atoms with E-state index in [1.807, 2.05) is 38.1 Å². The second-order valence-corrected chi connectivity index (χ2v) is 6.77. The van der Waals surface area contributed by atoms with Gasteiger partial charge in [0, 0.05) is 31.7 Å². The number of hydrogen-bond acceptors (Lipinski definition) is 2. The molecule has 2 aromatic rings. The smallest absolute Gasteiger partial charge is 0.227 e. The number of rotatable bonds is 7. The molecule has 0 radical (unpaired) electrons. The standard InChI is InChI=1S/C22H30N4O.HI/c1-5-17(3)21(27)26-20-11-7-10-19(13-20)15-25-22(23-4)24-14-18-9-6-8-16(2)12-18;/h6-13,17H,5,14-15H2,1-4H3,(H,26,27)(H2,23,24,25);1H. The fourth-order valence-electron chi connectivity index (χ4n) is 2.62. The molecule has 0 saturated heterocycles. The van der Waals surface area contributed by atoms with Gasteiger partial charge in [-0.05, 0) is 36.6 Å². The SMILES string of the molecule is CCC(C)C(=O)Nc1cccc(CNC(=NC)NCc2cccc(C)c2)c1.I. The summed E-state index contributed by atoms with van der Waals surface area (Å²) in [6.07, 6.45) is 0.829. The van der Waals surface area contributed by atoms with E-state index in [1.54, 1.807) is 7.05 Å². The summed E-state index contributed by atoms with van der Waals surface area (Å²) in [6, 6.07) is 16.3. The van der Waals surface area contributed by atoms with Crippen molar-refractivity contribution < 1.29 is 4.79 Å². The Morgan fingerprint density at radius 2 is 1.64 bits per heavy atom. The van der Waals surface area contributed by atoms with Crippen LogP contribution in [0.2, 0.25) is 0 Å². The maximum absolute atomic E-state index is 12.1. The van der Waals surface area contributed by atoms with E-state index >= 15 is 0 Å². The van der Waals surface area contributed by atoms with Crippen molar-refractivity contribution in [2.45, 2.75) is 40.3 Å². The van der Waals surface area contributed by atoms with Crippen LogP contribution in [-0.4, -0.2) is 18.9 Å². The third kappa shape index (κ3) is 7.88. The molecule has 1 amide bonds. The molecule has 0 fully saturated rings. The van der Waals surface area contributed by atoms with Gasteiger partial charge in [-0.1, -0.05) is 55.8 Å².